The molecule has 0 radical (unpaired) electrons. The van der Waals surface area contributed by atoms with Crippen LogP contribution in [0.5, 0.6) is 0 Å². The highest BCUT2D eigenvalue weighted by atomic mass is 32.1. The van der Waals surface area contributed by atoms with E-state index in [-0.39, 0.29) is 5.57 Å². The van der Waals surface area contributed by atoms with Gasteiger partial charge in [-0.2, -0.15) is 5.26 Å². The molecular formula is C22H17N3O2S. The zero-order chi connectivity index (χ0) is 19.7. The van der Waals surface area contributed by atoms with Crippen LogP contribution in [0.2, 0.25) is 0 Å². The number of nitrogens with zero attached hydrogens (tertiary/aromatic N) is 2. The van der Waals surface area contributed by atoms with Crippen LogP contribution >= 0.6 is 12.6 Å². The molecule has 1 amide bonds. The van der Waals surface area contributed by atoms with E-state index < -0.39 is 12.1 Å². The molecule has 0 saturated carbocycles. The molecule has 3 aromatic rings. The third-order valence-electron chi connectivity index (χ3n) is 4.65. The van der Waals surface area contributed by atoms with Crippen molar-refractivity contribution in [2.45, 2.75) is 13.1 Å². The largest absolute Gasteiger partial charge is 0.457 e. The lowest BCUT2D eigenvalue weighted by molar-refractivity contribution is -0.118. The Labute approximate surface area is 168 Å². The number of thiol groups is 1. The Bertz CT molecular complexity index is 1110. The first kappa shape index (κ1) is 18.0. The van der Waals surface area contributed by atoms with Crippen molar-refractivity contribution in [3.8, 4) is 17.4 Å². The van der Waals surface area contributed by atoms with E-state index in [4.69, 9.17) is 4.42 Å². The van der Waals surface area contributed by atoms with Crippen molar-refractivity contribution < 1.29 is 9.21 Å². The second-order valence-electron chi connectivity index (χ2n) is 6.41. The van der Waals surface area contributed by atoms with Crippen LogP contribution < -0.4 is 10.2 Å². The zero-order valence-electron chi connectivity index (χ0n) is 15.1. The number of carbonyl (C=O) groups is 1. The molecule has 28 heavy (non-hydrogen) atoms. The summed E-state index contributed by atoms with van der Waals surface area (Å²) >= 11 is 4.52. The summed E-state index contributed by atoms with van der Waals surface area (Å²) in [4.78, 5) is 14.3. The number of benzene rings is 2. The van der Waals surface area contributed by atoms with Crippen molar-refractivity contribution in [1.82, 2.24) is 5.32 Å². The maximum Gasteiger partial charge on any atom is 0.266 e. The molecule has 0 aliphatic carbocycles. The Hall–Kier alpha value is -3.43. The minimum Gasteiger partial charge on any atom is -0.457 e. The predicted molar refractivity (Wildman–Crippen MR) is 110 cm³/mol. The summed E-state index contributed by atoms with van der Waals surface area (Å²) in [5, 5.41) is 12.6. The predicted octanol–water partition coefficient (Wildman–Crippen LogP) is 4.56. The molecule has 1 unspecified atom stereocenters. The average Bonchev–Trinajstić information content (AvgIpc) is 3.20. The number of para-hydroxylation sites is 1. The number of nitriles is 1. The SMILES string of the molecule is Cc1ccccc1N1C(S)=C(C#N)C(=O)NC1c1ccc(-c2ccccc2)o1. The van der Waals surface area contributed by atoms with Gasteiger partial charge < -0.3 is 14.6 Å². The van der Waals surface area contributed by atoms with E-state index in [1.165, 1.54) is 0 Å². The van der Waals surface area contributed by atoms with Gasteiger partial charge in [0.2, 0.25) is 0 Å². The lowest BCUT2D eigenvalue weighted by Gasteiger charge is -2.37. The Morgan fingerprint density at radius 1 is 1.07 bits per heavy atom. The molecule has 2 aromatic carbocycles. The standard InChI is InChI=1S/C22H17N3O2S/c1-14-7-5-6-10-17(14)25-20(24-21(26)16(13-23)22(25)28)19-12-11-18(27-19)15-8-3-2-4-9-15/h2-12,20,28H,1H3,(H,24,26). The molecule has 1 aliphatic rings. The van der Waals surface area contributed by atoms with Gasteiger partial charge >= 0.3 is 0 Å². The molecule has 5 nitrogen and oxygen atoms in total. The molecule has 1 atom stereocenters. The molecule has 2 heterocycles. The van der Waals surface area contributed by atoms with Gasteiger partial charge in [0.25, 0.3) is 5.91 Å². The summed E-state index contributed by atoms with van der Waals surface area (Å²) in [5.41, 5.74) is 2.74. The molecule has 1 aliphatic heterocycles. The summed E-state index contributed by atoms with van der Waals surface area (Å²) in [6, 6.07) is 23.1. The first-order chi connectivity index (χ1) is 13.6. The quantitative estimate of drug-likeness (QED) is 0.647. The number of furan rings is 1. The molecule has 1 aromatic heterocycles. The molecular weight excluding hydrogens is 370 g/mol. The number of nitrogens with one attached hydrogen (secondary N) is 1. The summed E-state index contributed by atoms with van der Waals surface area (Å²) in [6.45, 7) is 1.97. The zero-order valence-corrected chi connectivity index (χ0v) is 16.0. The van der Waals surface area contributed by atoms with Gasteiger partial charge in [0.05, 0.1) is 5.03 Å². The fourth-order valence-electron chi connectivity index (χ4n) is 3.25. The van der Waals surface area contributed by atoms with Gasteiger partial charge in [0, 0.05) is 11.3 Å². The summed E-state index contributed by atoms with van der Waals surface area (Å²) in [5.74, 6) is 0.782. The molecule has 6 heteroatoms. The number of rotatable bonds is 3. The maximum atomic E-state index is 12.4. The Kier molecular flexibility index (Phi) is 4.68. The van der Waals surface area contributed by atoms with E-state index in [2.05, 4.69) is 17.9 Å². The average molecular weight is 387 g/mol. The van der Waals surface area contributed by atoms with Gasteiger partial charge in [-0.3, -0.25) is 4.79 Å². The minimum absolute atomic E-state index is 0.0299. The monoisotopic (exact) mass is 387 g/mol. The van der Waals surface area contributed by atoms with Crippen molar-refractivity contribution in [2.75, 3.05) is 4.90 Å². The Balaban J connectivity index is 1.82. The van der Waals surface area contributed by atoms with Crippen LogP contribution in [0.4, 0.5) is 5.69 Å². The van der Waals surface area contributed by atoms with E-state index in [0.29, 0.717) is 16.5 Å². The Morgan fingerprint density at radius 3 is 2.50 bits per heavy atom. The van der Waals surface area contributed by atoms with Gasteiger partial charge in [0.1, 0.15) is 23.2 Å². The van der Waals surface area contributed by atoms with E-state index in [1.54, 1.807) is 0 Å². The van der Waals surface area contributed by atoms with Gasteiger partial charge in [0.15, 0.2) is 6.17 Å². The number of hydrogen-bond acceptors (Lipinski definition) is 5. The fraction of sp³-hybridized carbons (Fsp3) is 0.0909. The van der Waals surface area contributed by atoms with Crippen LogP contribution in [0.3, 0.4) is 0 Å². The van der Waals surface area contributed by atoms with Gasteiger partial charge in [-0.05, 0) is 30.7 Å². The third kappa shape index (κ3) is 3.06. The van der Waals surface area contributed by atoms with E-state index in [9.17, 15) is 10.1 Å². The fourth-order valence-corrected chi connectivity index (χ4v) is 3.62. The van der Waals surface area contributed by atoms with Crippen LogP contribution in [-0.2, 0) is 4.79 Å². The molecule has 0 saturated heterocycles. The lowest BCUT2D eigenvalue weighted by Crippen LogP contribution is -2.46. The number of amides is 1. The van der Waals surface area contributed by atoms with Crippen LogP contribution in [0.15, 0.2) is 81.7 Å². The van der Waals surface area contributed by atoms with Gasteiger partial charge in [-0.15, -0.1) is 12.6 Å². The second-order valence-corrected chi connectivity index (χ2v) is 6.83. The second kappa shape index (κ2) is 7.29. The highest BCUT2D eigenvalue weighted by molar-refractivity contribution is 7.84. The number of anilines is 1. The van der Waals surface area contributed by atoms with Crippen LogP contribution in [-0.4, -0.2) is 5.91 Å². The number of carbonyl (C=O) groups excluding carboxylic acids is 1. The minimum atomic E-state index is -0.615. The maximum absolute atomic E-state index is 12.4. The van der Waals surface area contributed by atoms with Crippen LogP contribution in [0, 0.1) is 18.3 Å². The highest BCUT2D eigenvalue weighted by Crippen LogP contribution is 2.38. The highest BCUT2D eigenvalue weighted by Gasteiger charge is 2.36. The normalized spacial score (nSPS) is 16.7. The smallest absolute Gasteiger partial charge is 0.266 e. The van der Waals surface area contributed by atoms with E-state index in [1.807, 2.05) is 84.6 Å². The first-order valence-corrected chi connectivity index (χ1v) is 9.19. The lowest BCUT2D eigenvalue weighted by atomic mass is 10.1. The van der Waals surface area contributed by atoms with Crippen molar-refractivity contribution in [3.63, 3.8) is 0 Å². The summed E-state index contributed by atoms with van der Waals surface area (Å²) in [6.07, 6.45) is -0.615. The first-order valence-electron chi connectivity index (χ1n) is 8.74. The molecule has 138 valence electrons. The summed E-state index contributed by atoms with van der Waals surface area (Å²) in [7, 11) is 0. The van der Waals surface area contributed by atoms with Crippen molar-refractivity contribution in [2.24, 2.45) is 0 Å². The van der Waals surface area contributed by atoms with E-state index in [0.717, 1.165) is 16.8 Å². The van der Waals surface area contributed by atoms with Crippen molar-refractivity contribution >= 4 is 24.2 Å². The van der Waals surface area contributed by atoms with E-state index >= 15 is 0 Å². The van der Waals surface area contributed by atoms with Gasteiger partial charge in [-0.1, -0.05) is 48.5 Å². The molecule has 4 rings (SSSR count). The molecule has 1 N–H and O–H groups in total. The molecule has 0 bridgehead atoms. The van der Waals surface area contributed by atoms with Crippen molar-refractivity contribution in [3.05, 3.63) is 88.7 Å². The summed E-state index contributed by atoms with van der Waals surface area (Å²) < 4.78 is 6.07. The van der Waals surface area contributed by atoms with Crippen LogP contribution in [0.1, 0.15) is 17.5 Å². The Morgan fingerprint density at radius 2 is 1.79 bits per heavy atom. The van der Waals surface area contributed by atoms with Gasteiger partial charge in [-0.25, -0.2) is 0 Å². The number of aryl methyl sites for hydroxylation is 1. The number of hydrogen-bond donors (Lipinski definition) is 2. The third-order valence-corrected chi connectivity index (χ3v) is 5.09. The molecule has 0 spiro atoms. The van der Waals surface area contributed by atoms with Crippen molar-refractivity contribution in [1.29, 1.82) is 5.26 Å². The van der Waals surface area contributed by atoms with Crippen LogP contribution in [0.25, 0.3) is 11.3 Å². The molecule has 0 fully saturated rings. The topological polar surface area (TPSA) is 69.3 Å².